The number of benzene rings is 2. The van der Waals surface area contributed by atoms with Crippen LogP contribution in [-0.4, -0.2) is 60.7 Å². The van der Waals surface area contributed by atoms with Crippen LogP contribution in [0.5, 0.6) is 0 Å². The molecule has 1 heterocycles. The van der Waals surface area contributed by atoms with E-state index in [4.69, 9.17) is 0 Å². The summed E-state index contributed by atoms with van der Waals surface area (Å²) in [6.07, 6.45) is 1.57. The second-order valence-electron chi connectivity index (χ2n) is 7.17. The van der Waals surface area contributed by atoms with Gasteiger partial charge in [0.1, 0.15) is 0 Å². The van der Waals surface area contributed by atoms with Crippen molar-refractivity contribution in [3.63, 3.8) is 0 Å². The molecule has 1 N–H and O–H groups in total. The molecule has 9 nitrogen and oxygen atoms in total. The Bertz CT molecular complexity index is 1060. The summed E-state index contributed by atoms with van der Waals surface area (Å²) < 4.78 is 26.6. The quantitative estimate of drug-likeness (QED) is 0.519. The third kappa shape index (κ3) is 5.97. The van der Waals surface area contributed by atoms with Gasteiger partial charge in [0.2, 0.25) is 15.9 Å². The second-order valence-corrected chi connectivity index (χ2v) is 8.98. The number of hydrogen-bond donors (Lipinski definition) is 1. The molecular formula is C21H24N4O5S. The highest BCUT2D eigenvalue weighted by Gasteiger charge is 2.29. The van der Waals surface area contributed by atoms with Crippen LogP contribution in [0.4, 0.5) is 11.4 Å². The summed E-state index contributed by atoms with van der Waals surface area (Å²) in [4.78, 5) is 24.8. The number of non-ortho nitro benzene ring substituents is 1. The summed E-state index contributed by atoms with van der Waals surface area (Å²) in [7, 11) is -3.55. The molecule has 0 unspecified atom stereocenters. The van der Waals surface area contributed by atoms with Gasteiger partial charge in [-0.1, -0.05) is 36.4 Å². The fourth-order valence-corrected chi connectivity index (χ4v) is 4.44. The number of hydrogen-bond acceptors (Lipinski definition) is 6. The summed E-state index contributed by atoms with van der Waals surface area (Å²) in [5.74, 6) is -0.305. The van der Waals surface area contributed by atoms with Crippen molar-refractivity contribution >= 4 is 33.4 Å². The molecule has 0 bridgehead atoms. The molecule has 1 aliphatic rings. The first-order chi connectivity index (χ1) is 14.8. The number of rotatable bonds is 7. The number of amides is 1. The van der Waals surface area contributed by atoms with Crippen LogP contribution in [-0.2, 0) is 14.8 Å². The number of carbonyl (C=O) groups excluding carboxylic acids is 1. The highest BCUT2D eigenvalue weighted by atomic mass is 32.2. The Balaban J connectivity index is 1.56. The Labute approximate surface area is 181 Å². The highest BCUT2D eigenvalue weighted by Crippen LogP contribution is 2.18. The number of nitro groups is 1. The number of sulfonamides is 1. The van der Waals surface area contributed by atoms with Crippen LogP contribution in [0.25, 0.3) is 6.08 Å². The second kappa shape index (κ2) is 9.82. The Hall–Kier alpha value is -3.08. The molecule has 0 aromatic heterocycles. The summed E-state index contributed by atoms with van der Waals surface area (Å²) >= 11 is 0. The lowest BCUT2D eigenvalue weighted by Gasteiger charge is -2.36. The Morgan fingerprint density at radius 3 is 2.42 bits per heavy atom. The van der Waals surface area contributed by atoms with Crippen LogP contribution in [0.15, 0.2) is 60.0 Å². The van der Waals surface area contributed by atoms with Gasteiger partial charge in [-0.3, -0.25) is 19.8 Å². The molecule has 1 saturated heterocycles. The van der Waals surface area contributed by atoms with Crippen LogP contribution in [0, 0.1) is 10.1 Å². The van der Waals surface area contributed by atoms with Crippen molar-refractivity contribution in [2.75, 3.05) is 31.5 Å². The van der Waals surface area contributed by atoms with Crippen molar-refractivity contribution in [1.29, 1.82) is 0 Å². The first-order valence-corrected chi connectivity index (χ1v) is 11.3. The molecule has 2 aromatic rings. The molecule has 10 heteroatoms. The van der Waals surface area contributed by atoms with Gasteiger partial charge >= 0.3 is 0 Å². The molecule has 1 amide bonds. The molecule has 0 aliphatic carbocycles. The van der Waals surface area contributed by atoms with E-state index in [1.807, 2.05) is 35.2 Å². The minimum atomic E-state index is -3.55. The maximum atomic E-state index is 12.6. The van der Waals surface area contributed by atoms with Gasteiger partial charge in [0.25, 0.3) is 5.69 Å². The molecule has 2 aromatic carbocycles. The van der Waals surface area contributed by atoms with Gasteiger partial charge in [0, 0.05) is 49.4 Å². The molecule has 31 heavy (non-hydrogen) atoms. The van der Waals surface area contributed by atoms with E-state index in [1.165, 1.54) is 27.9 Å². The average molecular weight is 445 g/mol. The summed E-state index contributed by atoms with van der Waals surface area (Å²) in [6.45, 7) is 3.09. The van der Waals surface area contributed by atoms with Crippen molar-refractivity contribution in [2.24, 2.45) is 0 Å². The smallest absolute Gasteiger partial charge is 0.271 e. The Morgan fingerprint density at radius 2 is 1.77 bits per heavy atom. The van der Waals surface area contributed by atoms with E-state index in [0.29, 0.717) is 18.8 Å². The lowest BCUT2D eigenvalue weighted by molar-refractivity contribution is -0.384. The molecule has 164 valence electrons. The normalized spacial score (nSPS) is 16.8. The average Bonchev–Trinajstić information content (AvgIpc) is 2.78. The van der Waals surface area contributed by atoms with E-state index in [1.54, 1.807) is 19.1 Å². The van der Waals surface area contributed by atoms with Crippen molar-refractivity contribution in [3.8, 4) is 0 Å². The van der Waals surface area contributed by atoms with E-state index in [-0.39, 0.29) is 24.7 Å². The van der Waals surface area contributed by atoms with E-state index >= 15 is 0 Å². The van der Waals surface area contributed by atoms with Gasteiger partial charge in [0.05, 0.1) is 11.0 Å². The molecular weight excluding hydrogens is 420 g/mol. The largest absolute Gasteiger partial charge is 0.324 e. The van der Waals surface area contributed by atoms with Gasteiger partial charge in [-0.05, 0) is 24.6 Å². The third-order valence-corrected chi connectivity index (χ3v) is 6.68. The number of nitrogens with one attached hydrogen (secondary N) is 1. The molecule has 3 rings (SSSR count). The van der Waals surface area contributed by atoms with Gasteiger partial charge < -0.3 is 5.32 Å². The molecule has 1 fully saturated rings. The lowest BCUT2D eigenvalue weighted by Crippen LogP contribution is -2.53. The zero-order valence-corrected chi connectivity index (χ0v) is 17.9. The molecule has 1 aliphatic heterocycles. The van der Waals surface area contributed by atoms with Crippen LogP contribution in [0.1, 0.15) is 12.5 Å². The maximum absolute atomic E-state index is 12.6. The Morgan fingerprint density at radius 1 is 1.10 bits per heavy atom. The molecule has 1 atom stereocenters. The van der Waals surface area contributed by atoms with E-state index in [0.717, 1.165) is 5.56 Å². The minimum Gasteiger partial charge on any atom is -0.324 e. The van der Waals surface area contributed by atoms with E-state index < -0.39 is 21.0 Å². The zero-order valence-electron chi connectivity index (χ0n) is 17.0. The van der Waals surface area contributed by atoms with Crippen LogP contribution < -0.4 is 5.32 Å². The minimum absolute atomic E-state index is 0.104. The van der Waals surface area contributed by atoms with Gasteiger partial charge in [-0.2, -0.15) is 4.31 Å². The number of nitro benzene ring substituents is 1. The van der Waals surface area contributed by atoms with Gasteiger partial charge in [-0.25, -0.2) is 8.42 Å². The van der Waals surface area contributed by atoms with E-state index in [9.17, 15) is 23.3 Å². The maximum Gasteiger partial charge on any atom is 0.271 e. The number of carbonyl (C=O) groups is 1. The van der Waals surface area contributed by atoms with Crippen molar-refractivity contribution in [3.05, 3.63) is 75.7 Å². The molecule has 0 radical (unpaired) electrons. The lowest BCUT2D eigenvalue weighted by atomic mass is 10.2. The molecule has 0 saturated carbocycles. The van der Waals surface area contributed by atoms with Crippen LogP contribution >= 0.6 is 0 Å². The van der Waals surface area contributed by atoms with Gasteiger partial charge in [0.15, 0.2) is 0 Å². The zero-order chi connectivity index (χ0) is 22.4. The fraction of sp³-hybridized carbons (Fsp3) is 0.286. The summed E-state index contributed by atoms with van der Waals surface area (Å²) in [6, 6.07) is 14.4. The molecule has 0 spiro atoms. The SMILES string of the molecule is C[C@@H](C(=O)Nc1cccc([N+](=O)[O-])c1)N1CCN(S(=O)(=O)/C=C/c2ccccc2)CC1. The summed E-state index contributed by atoms with van der Waals surface area (Å²) in [5.41, 5.74) is 1.04. The third-order valence-electron chi connectivity index (χ3n) is 5.12. The standard InChI is InChI=1S/C21H24N4O5S/c1-17(21(26)22-19-8-5-9-20(16-19)25(27)28)23-11-13-24(14-12-23)31(29,30)15-10-18-6-3-2-4-7-18/h2-10,15-17H,11-14H2,1H3,(H,22,26)/b15-10+/t17-/m0/s1. The van der Waals surface area contributed by atoms with Crippen LogP contribution in [0.3, 0.4) is 0 Å². The monoisotopic (exact) mass is 444 g/mol. The number of nitrogens with zero attached hydrogens (tertiary/aromatic N) is 3. The number of anilines is 1. The highest BCUT2D eigenvalue weighted by molar-refractivity contribution is 7.92. The first kappa shape index (κ1) is 22.6. The van der Waals surface area contributed by atoms with E-state index in [2.05, 4.69) is 5.32 Å². The fourth-order valence-electron chi connectivity index (χ4n) is 3.27. The van der Waals surface area contributed by atoms with Crippen molar-refractivity contribution < 1.29 is 18.1 Å². The first-order valence-electron chi connectivity index (χ1n) is 9.79. The topological polar surface area (TPSA) is 113 Å². The predicted octanol–water partition coefficient (Wildman–Crippen LogP) is 2.54. The van der Waals surface area contributed by atoms with Gasteiger partial charge in [-0.15, -0.1) is 0 Å². The Kier molecular flexibility index (Phi) is 7.16. The number of piperazine rings is 1. The predicted molar refractivity (Wildman–Crippen MR) is 119 cm³/mol. The van der Waals surface area contributed by atoms with Crippen molar-refractivity contribution in [2.45, 2.75) is 13.0 Å². The van der Waals surface area contributed by atoms with Crippen LogP contribution in [0.2, 0.25) is 0 Å². The summed E-state index contributed by atoms with van der Waals surface area (Å²) in [5, 5.41) is 14.8. The van der Waals surface area contributed by atoms with Crippen molar-refractivity contribution in [1.82, 2.24) is 9.21 Å².